The molecule has 1 fully saturated rings. The van der Waals surface area contributed by atoms with Crippen molar-refractivity contribution in [2.24, 2.45) is 5.92 Å². The number of nitrogens with one attached hydrogen (secondary N) is 1. The summed E-state index contributed by atoms with van der Waals surface area (Å²) in [4.78, 5) is 8.65. The van der Waals surface area contributed by atoms with Gasteiger partial charge in [-0.05, 0) is 25.7 Å². The summed E-state index contributed by atoms with van der Waals surface area (Å²) in [6, 6.07) is 2.40. The first-order valence-electron chi connectivity index (χ1n) is 6.85. The van der Waals surface area contributed by atoms with Crippen molar-refractivity contribution < 1.29 is 4.74 Å². The molecule has 1 saturated carbocycles. The Balaban J connectivity index is 2.09. The highest BCUT2D eigenvalue weighted by molar-refractivity contribution is 5.39. The van der Waals surface area contributed by atoms with E-state index in [1.165, 1.54) is 32.1 Å². The predicted molar refractivity (Wildman–Crippen MR) is 73.0 cm³/mol. The maximum atomic E-state index is 5.19. The molecule has 0 spiro atoms. The maximum Gasteiger partial charge on any atom is 0.218 e. The molecule has 2 atom stereocenters. The molecule has 4 nitrogen and oxygen atoms in total. The summed E-state index contributed by atoms with van der Waals surface area (Å²) >= 11 is 0. The van der Waals surface area contributed by atoms with E-state index in [-0.39, 0.29) is 0 Å². The largest absolute Gasteiger partial charge is 0.481 e. The Bertz CT molecular complexity index is 395. The number of hydrogen-bond acceptors (Lipinski definition) is 4. The Labute approximate surface area is 109 Å². The molecule has 0 aromatic carbocycles. The van der Waals surface area contributed by atoms with Gasteiger partial charge in [0.1, 0.15) is 11.6 Å². The normalized spacial score (nSPS) is 24.4. The molecular weight excluding hydrogens is 226 g/mol. The molecule has 2 rings (SSSR count). The zero-order valence-electron chi connectivity index (χ0n) is 11.6. The summed E-state index contributed by atoms with van der Waals surface area (Å²) in [5, 5.41) is 3.56. The van der Waals surface area contributed by atoms with Gasteiger partial charge in [-0.15, -0.1) is 0 Å². The van der Waals surface area contributed by atoms with Crippen LogP contribution >= 0.6 is 0 Å². The first-order valence-corrected chi connectivity index (χ1v) is 6.85. The minimum Gasteiger partial charge on any atom is -0.481 e. The van der Waals surface area contributed by atoms with Crippen molar-refractivity contribution in [2.45, 2.75) is 52.0 Å². The van der Waals surface area contributed by atoms with Crippen molar-refractivity contribution >= 4 is 5.82 Å². The van der Waals surface area contributed by atoms with E-state index in [0.29, 0.717) is 17.8 Å². The zero-order valence-corrected chi connectivity index (χ0v) is 11.6. The average molecular weight is 249 g/mol. The lowest BCUT2D eigenvalue weighted by Crippen LogP contribution is -2.26. The molecule has 1 heterocycles. The van der Waals surface area contributed by atoms with Gasteiger partial charge in [-0.25, -0.2) is 4.98 Å². The molecule has 100 valence electrons. The number of hydrogen-bond donors (Lipinski definition) is 1. The fraction of sp³-hybridized carbons (Fsp3) is 0.714. The Morgan fingerprint density at radius 1 is 1.22 bits per heavy atom. The molecule has 0 aliphatic heterocycles. The molecule has 0 saturated heterocycles. The second-order valence-corrected chi connectivity index (χ2v) is 5.21. The van der Waals surface area contributed by atoms with E-state index in [1.807, 2.05) is 13.0 Å². The van der Waals surface area contributed by atoms with Crippen LogP contribution in [0.25, 0.3) is 0 Å². The van der Waals surface area contributed by atoms with Crippen LogP contribution in [0.4, 0.5) is 5.82 Å². The summed E-state index contributed by atoms with van der Waals surface area (Å²) in [5.41, 5.74) is 0. The first-order chi connectivity index (χ1) is 8.69. The summed E-state index contributed by atoms with van der Waals surface area (Å²) in [5.74, 6) is 2.97. The molecule has 1 aliphatic rings. The van der Waals surface area contributed by atoms with E-state index >= 15 is 0 Å². The minimum absolute atomic E-state index is 0.520. The molecular formula is C14H23N3O. The molecule has 4 heteroatoms. The molecule has 18 heavy (non-hydrogen) atoms. The molecule has 0 bridgehead atoms. The van der Waals surface area contributed by atoms with Crippen molar-refractivity contribution in [1.82, 2.24) is 9.97 Å². The quantitative estimate of drug-likeness (QED) is 0.836. The van der Waals surface area contributed by atoms with Gasteiger partial charge in [0.15, 0.2) is 0 Å². The third kappa shape index (κ3) is 3.34. The zero-order chi connectivity index (χ0) is 13.0. The maximum absolute atomic E-state index is 5.19. The van der Waals surface area contributed by atoms with Crippen LogP contribution in [0.2, 0.25) is 0 Å². The van der Waals surface area contributed by atoms with Gasteiger partial charge in [-0.2, -0.15) is 4.98 Å². The van der Waals surface area contributed by atoms with Crippen LogP contribution in [0.15, 0.2) is 6.07 Å². The Morgan fingerprint density at radius 3 is 2.78 bits per heavy atom. The topological polar surface area (TPSA) is 47.0 Å². The highest BCUT2D eigenvalue weighted by Crippen LogP contribution is 2.26. The lowest BCUT2D eigenvalue weighted by Gasteiger charge is -2.23. The molecule has 0 amide bonds. The number of aryl methyl sites for hydroxylation is 1. The number of aromatic nitrogens is 2. The highest BCUT2D eigenvalue weighted by Gasteiger charge is 2.20. The van der Waals surface area contributed by atoms with Crippen molar-refractivity contribution in [3.63, 3.8) is 0 Å². The highest BCUT2D eigenvalue weighted by atomic mass is 16.5. The van der Waals surface area contributed by atoms with Gasteiger partial charge in [0.2, 0.25) is 5.88 Å². The molecule has 2 unspecified atom stereocenters. The Hall–Kier alpha value is -1.32. The fourth-order valence-electron chi connectivity index (χ4n) is 2.62. The van der Waals surface area contributed by atoms with Crippen LogP contribution < -0.4 is 10.1 Å². The molecule has 0 radical (unpaired) electrons. The van der Waals surface area contributed by atoms with Crippen LogP contribution in [-0.2, 0) is 0 Å². The van der Waals surface area contributed by atoms with Crippen molar-refractivity contribution in [3.8, 4) is 5.88 Å². The van der Waals surface area contributed by atoms with E-state index in [1.54, 1.807) is 7.11 Å². The van der Waals surface area contributed by atoms with Crippen LogP contribution in [0, 0.1) is 12.8 Å². The lowest BCUT2D eigenvalue weighted by atomic mass is 9.97. The number of anilines is 1. The summed E-state index contributed by atoms with van der Waals surface area (Å²) in [7, 11) is 1.64. The van der Waals surface area contributed by atoms with E-state index in [9.17, 15) is 0 Å². The number of nitrogens with zero attached hydrogens (tertiary/aromatic N) is 2. The van der Waals surface area contributed by atoms with E-state index < -0.39 is 0 Å². The molecule has 1 aromatic heterocycles. The monoisotopic (exact) mass is 249 g/mol. The van der Waals surface area contributed by atoms with E-state index in [0.717, 1.165) is 11.6 Å². The van der Waals surface area contributed by atoms with E-state index in [4.69, 9.17) is 4.74 Å². The van der Waals surface area contributed by atoms with Gasteiger partial charge in [0.05, 0.1) is 7.11 Å². The summed E-state index contributed by atoms with van der Waals surface area (Å²) in [6.07, 6.45) is 6.55. The van der Waals surface area contributed by atoms with Gasteiger partial charge in [0, 0.05) is 12.1 Å². The predicted octanol–water partition coefficient (Wildman–Crippen LogP) is 3.17. The fourth-order valence-corrected chi connectivity index (χ4v) is 2.62. The van der Waals surface area contributed by atoms with Crippen LogP contribution in [-0.4, -0.2) is 23.1 Å². The molecule has 1 aromatic rings. The number of methoxy groups -OCH3 is 1. The average Bonchev–Trinajstić information content (AvgIpc) is 2.54. The van der Waals surface area contributed by atoms with Crippen molar-refractivity contribution in [3.05, 3.63) is 11.9 Å². The molecule has 1 aliphatic carbocycles. The second kappa shape index (κ2) is 6.03. The van der Waals surface area contributed by atoms with Crippen LogP contribution in [0.1, 0.15) is 44.9 Å². The van der Waals surface area contributed by atoms with Crippen molar-refractivity contribution in [1.29, 1.82) is 0 Å². The smallest absolute Gasteiger partial charge is 0.218 e. The lowest BCUT2D eigenvalue weighted by molar-refractivity contribution is 0.395. The Morgan fingerprint density at radius 2 is 2.00 bits per heavy atom. The summed E-state index contributed by atoms with van der Waals surface area (Å²) < 4.78 is 5.19. The van der Waals surface area contributed by atoms with Crippen molar-refractivity contribution in [2.75, 3.05) is 12.4 Å². The second-order valence-electron chi connectivity index (χ2n) is 5.21. The first kappa shape index (κ1) is 13.1. The third-order valence-corrected chi connectivity index (χ3v) is 3.72. The minimum atomic E-state index is 0.520. The molecule has 1 N–H and O–H groups in total. The summed E-state index contributed by atoms with van der Waals surface area (Å²) in [6.45, 7) is 4.22. The number of ether oxygens (including phenoxy) is 1. The van der Waals surface area contributed by atoms with E-state index in [2.05, 4.69) is 22.2 Å². The number of rotatable bonds is 3. The Kier molecular flexibility index (Phi) is 4.39. The van der Waals surface area contributed by atoms with Gasteiger partial charge in [-0.3, -0.25) is 0 Å². The van der Waals surface area contributed by atoms with Crippen LogP contribution in [0.5, 0.6) is 5.88 Å². The van der Waals surface area contributed by atoms with Gasteiger partial charge < -0.3 is 10.1 Å². The van der Waals surface area contributed by atoms with Crippen LogP contribution in [0.3, 0.4) is 0 Å². The SMILES string of the molecule is COc1cc(NC2CCCCCC2C)nc(C)n1. The van der Waals surface area contributed by atoms with Gasteiger partial charge in [0.25, 0.3) is 0 Å². The standard InChI is InChI=1S/C14H23N3O/c1-10-7-5-4-6-8-12(10)17-13-9-14(18-3)16-11(2)15-13/h9-10,12H,4-8H2,1-3H3,(H,15,16,17). The third-order valence-electron chi connectivity index (χ3n) is 3.72. The van der Waals surface area contributed by atoms with Gasteiger partial charge >= 0.3 is 0 Å². The van der Waals surface area contributed by atoms with Gasteiger partial charge in [-0.1, -0.05) is 26.2 Å².